The second kappa shape index (κ2) is 10.8. The highest BCUT2D eigenvalue weighted by Crippen LogP contribution is 2.20. The van der Waals surface area contributed by atoms with E-state index in [1.165, 1.54) is 38.5 Å². The molecule has 8 heteroatoms. The Morgan fingerprint density at radius 2 is 1.63 bits per heavy atom. The van der Waals surface area contributed by atoms with Gasteiger partial charge in [0.25, 0.3) is 0 Å². The first-order chi connectivity index (χ1) is 13.0. The van der Waals surface area contributed by atoms with Crippen LogP contribution in [0.5, 0.6) is 0 Å². The van der Waals surface area contributed by atoms with Gasteiger partial charge in [-0.2, -0.15) is 0 Å². The zero-order valence-electron chi connectivity index (χ0n) is 15.7. The molecule has 2 rings (SSSR count). The second-order valence-electron chi connectivity index (χ2n) is 6.71. The van der Waals surface area contributed by atoms with E-state index in [0.717, 1.165) is 31.4 Å². The second-order valence-corrected chi connectivity index (χ2v) is 6.71. The molecule has 4 N–H and O–H groups in total. The Bertz CT molecular complexity index is 676. The molecule has 1 aliphatic heterocycles. The summed E-state index contributed by atoms with van der Waals surface area (Å²) in [4.78, 5) is 8.54. The van der Waals surface area contributed by atoms with Gasteiger partial charge < -0.3 is 11.1 Å². The van der Waals surface area contributed by atoms with E-state index < -0.39 is 17.5 Å². The zero-order chi connectivity index (χ0) is 19.6. The van der Waals surface area contributed by atoms with Crippen LogP contribution in [0, 0.1) is 17.5 Å². The average Bonchev–Trinajstić information content (AvgIpc) is 2.64. The Hall–Kier alpha value is -2.25. The summed E-state index contributed by atoms with van der Waals surface area (Å²) < 4.78 is 40.1. The molecule has 1 aromatic carbocycles. The number of guanidine groups is 2. The van der Waals surface area contributed by atoms with E-state index in [4.69, 9.17) is 5.73 Å². The van der Waals surface area contributed by atoms with Crippen molar-refractivity contribution < 1.29 is 13.2 Å². The Labute approximate surface area is 158 Å². The molecule has 0 amide bonds. The van der Waals surface area contributed by atoms with Crippen molar-refractivity contribution in [3.8, 4) is 0 Å². The molecule has 0 saturated heterocycles. The van der Waals surface area contributed by atoms with Crippen molar-refractivity contribution in [1.29, 1.82) is 0 Å². The molecule has 1 unspecified atom stereocenters. The van der Waals surface area contributed by atoms with E-state index in [2.05, 4.69) is 27.5 Å². The molecular weight excluding hydrogens is 355 g/mol. The highest BCUT2D eigenvalue weighted by atomic mass is 19.2. The molecule has 1 aliphatic rings. The van der Waals surface area contributed by atoms with E-state index in [1.807, 2.05) is 0 Å². The van der Waals surface area contributed by atoms with Crippen LogP contribution in [0.1, 0.15) is 64.7 Å². The lowest BCUT2D eigenvalue weighted by Crippen LogP contribution is -2.45. The summed E-state index contributed by atoms with van der Waals surface area (Å²) in [6, 6.07) is 1.95. The van der Waals surface area contributed by atoms with Crippen molar-refractivity contribution in [3.05, 3.63) is 29.6 Å². The summed E-state index contributed by atoms with van der Waals surface area (Å²) >= 11 is 0. The fourth-order valence-electron chi connectivity index (χ4n) is 2.93. The first kappa shape index (κ1) is 21.1. The Morgan fingerprint density at radius 1 is 0.963 bits per heavy atom. The zero-order valence-corrected chi connectivity index (χ0v) is 15.7. The van der Waals surface area contributed by atoms with E-state index in [1.54, 1.807) is 0 Å². The van der Waals surface area contributed by atoms with Crippen LogP contribution in [-0.2, 0) is 0 Å². The summed E-state index contributed by atoms with van der Waals surface area (Å²) in [6.07, 6.45) is 9.96. The van der Waals surface area contributed by atoms with Crippen LogP contribution in [0.25, 0.3) is 0 Å². The fourth-order valence-corrected chi connectivity index (χ4v) is 2.93. The van der Waals surface area contributed by atoms with Crippen molar-refractivity contribution in [2.75, 3.05) is 5.32 Å². The van der Waals surface area contributed by atoms with Gasteiger partial charge in [-0.1, -0.05) is 51.9 Å². The molecule has 1 aromatic rings. The smallest absolute Gasteiger partial charge is 0.204 e. The van der Waals surface area contributed by atoms with Gasteiger partial charge in [-0.3, -0.25) is 5.32 Å². The van der Waals surface area contributed by atoms with Crippen molar-refractivity contribution in [2.45, 2.75) is 70.9 Å². The maximum atomic E-state index is 13.8. The van der Waals surface area contributed by atoms with E-state index in [0.29, 0.717) is 0 Å². The third-order valence-corrected chi connectivity index (χ3v) is 4.42. The predicted molar refractivity (Wildman–Crippen MR) is 103 cm³/mol. The van der Waals surface area contributed by atoms with Gasteiger partial charge in [0.1, 0.15) is 6.17 Å². The highest BCUT2D eigenvalue weighted by Gasteiger charge is 2.18. The number of unbranched alkanes of at least 4 members (excludes halogenated alkanes) is 7. The van der Waals surface area contributed by atoms with Crippen molar-refractivity contribution >= 4 is 17.6 Å². The molecule has 5 nitrogen and oxygen atoms in total. The molecule has 27 heavy (non-hydrogen) atoms. The van der Waals surface area contributed by atoms with Gasteiger partial charge in [-0.05, 0) is 25.0 Å². The first-order valence-corrected chi connectivity index (χ1v) is 9.60. The Kier molecular flexibility index (Phi) is 8.42. The number of halogens is 3. The third-order valence-electron chi connectivity index (χ3n) is 4.42. The number of nitrogens with two attached hydrogens (primary N) is 1. The van der Waals surface area contributed by atoms with Crippen molar-refractivity contribution in [2.24, 2.45) is 15.7 Å². The monoisotopic (exact) mass is 383 g/mol. The lowest BCUT2D eigenvalue weighted by molar-refractivity contribution is 0.449. The summed E-state index contributed by atoms with van der Waals surface area (Å²) in [5.74, 6) is -3.77. The maximum Gasteiger partial charge on any atom is 0.204 e. The minimum atomic E-state index is -1.53. The van der Waals surface area contributed by atoms with Crippen LogP contribution in [0.15, 0.2) is 22.1 Å². The maximum absolute atomic E-state index is 13.8. The first-order valence-electron chi connectivity index (χ1n) is 9.60. The summed E-state index contributed by atoms with van der Waals surface area (Å²) in [5.41, 5.74) is 5.53. The van der Waals surface area contributed by atoms with E-state index >= 15 is 0 Å². The van der Waals surface area contributed by atoms with Gasteiger partial charge in [-0.25, -0.2) is 23.2 Å². The van der Waals surface area contributed by atoms with Crippen LogP contribution < -0.4 is 16.4 Å². The number of hydrogen-bond donors (Lipinski definition) is 3. The average molecular weight is 383 g/mol. The number of aliphatic imine (C=N–C) groups is 2. The lowest BCUT2D eigenvalue weighted by Gasteiger charge is -2.20. The molecule has 0 bridgehead atoms. The van der Waals surface area contributed by atoms with E-state index in [-0.39, 0.29) is 23.8 Å². The SMILES string of the molecule is CCCCCCCCCCC1N=C(N)NC(Nc2ccc(F)c(F)c2F)=N1. The van der Waals surface area contributed by atoms with Gasteiger partial charge in [0.2, 0.25) is 5.96 Å². The van der Waals surface area contributed by atoms with Gasteiger partial charge >= 0.3 is 0 Å². The van der Waals surface area contributed by atoms with Gasteiger partial charge in [0.05, 0.1) is 5.69 Å². The molecule has 0 aliphatic carbocycles. The molecule has 0 spiro atoms. The fraction of sp³-hybridized carbons (Fsp3) is 0.579. The summed E-state index contributed by atoms with van der Waals surface area (Å²) in [7, 11) is 0. The number of benzene rings is 1. The largest absolute Gasteiger partial charge is 0.370 e. The van der Waals surface area contributed by atoms with Crippen LogP contribution in [-0.4, -0.2) is 18.1 Å². The molecule has 1 heterocycles. The third kappa shape index (κ3) is 6.77. The van der Waals surface area contributed by atoms with Crippen molar-refractivity contribution in [1.82, 2.24) is 5.32 Å². The molecule has 1 atom stereocenters. The van der Waals surface area contributed by atoms with Crippen LogP contribution in [0.4, 0.5) is 18.9 Å². The summed E-state index contributed by atoms with van der Waals surface area (Å²) in [6.45, 7) is 2.20. The number of rotatable bonds is 10. The molecule has 0 radical (unpaired) electrons. The summed E-state index contributed by atoms with van der Waals surface area (Å²) in [5, 5.41) is 5.27. The minimum Gasteiger partial charge on any atom is -0.370 e. The number of anilines is 1. The minimum absolute atomic E-state index is 0.153. The Balaban J connectivity index is 1.81. The molecule has 150 valence electrons. The Morgan fingerprint density at radius 3 is 2.33 bits per heavy atom. The molecule has 0 aromatic heterocycles. The van der Waals surface area contributed by atoms with Crippen LogP contribution >= 0.6 is 0 Å². The number of hydrogen-bond acceptors (Lipinski definition) is 5. The molecular formula is C19H28F3N5. The highest BCUT2D eigenvalue weighted by molar-refractivity contribution is 6.05. The number of nitrogens with zero attached hydrogens (tertiary/aromatic N) is 2. The quantitative estimate of drug-likeness (QED) is 0.407. The molecule has 0 saturated carbocycles. The topological polar surface area (TPSA) is 74.8 Å². The van der Waals surface area contributed by atoms with Gasteiger partial charge in [-0.15, -0.1) is 0 Å². The lowest BCUT2D eigenvalue weighted by atomic mass is 10.1. The van der Waals surface area contributed by atoms with Gasteiger partial charge in [0.15, 0.2) is 23.4 Å². The standard InChI is InChI=1S/C19H28F3N5/c1-2-3-4-5-6-7-8-9-10-15-25-18(23)27-19(26-15)24-14-12-11-13(20)16(21)17(14)22/h11-12,15H,2-10H2,1H3,(H4,23,24,25,26,27). The van der Waals surface area contributed by atoms with Crippen LogP contribution in [0.2, 0.25) is 0 Å². The molecule has 0 fully saturated rings. The van der Waals surface area contributed by atoms with Gasteiger partial charge in [0, 0.05) is 0 Å². The van der Waals surface area contributed by atoms with Crippen LogP contribution in [0.3, 0.4) is 0 Å². The van der Waals surface area contributed by atoms with Crippen molar-refractivity contribution in [3.63, 3.8) is 0 Å². The normalized spacial score (nSPS) is 16.5. The number of nitrogens with one attached hydrogen (secondary N) is 2. The predicted octanol–water partition coefficient (Wildman–Crippen LogP) is 4.65. The van der Waals surface area contributed by atoms with E-state index in [9.17, 15) is 13.2 Å².